The van der Waals surface area contributed by atoms with Crippen LogP contribution in [0.2, 0.25) is 0 Å². The largest absolute Gasteiger partial charge is 0.463 e. The first kappa shape index (κ1) is 21.8. The van der Waals surface area contributed by atoms with E-state index in [1.54, 1.807) is 19.0 Å². The van der Waals surface area contributed by atoms with Crippen LogP contribution < -0.4 is 0 Å². The Balaban J connectivity index is 2.39. The summed E-state index contributed by atoms with van der Waals surface area (Å²) in [5.41, 5.74) is -0.192. The van der Waals surface area contributed by atoms with E-state index in [1.165, 1.54) is 17.8 Å². The molecule has 1 aliphatic rings. The normalized spacial score (nSPS) is 24.4. The number of halogens is 2. The predicted octanol–water partition coefficient (Wildman–Crippen LogP) is 1.21. The molecule has 0 aromatic carbocycles. The Labute approximate surface area is 165 Å². The Morgan fingerprint density at radius 2 is 2.07 bits per heavy atom. The number of carbonyl (C=O) groups excluding carboxylic acids is 3. The van der Waals surface area contributed by atoms with Crippen LogP contribution in [0.3, 0.4) is 0 Å². The lowest BCUT2D eigenvalue weighted by Crippen LogP contribution is -2.36. The zero-order valence-electron chi connectivity index (χ0n) is 15.7. The van der Waals surface area contributed by atoms with Crippen LogP contribution in [-0.4, -0.2) is 77.1 Å². The summed E-state index contributed by atoms with van der Waals surface area (Å²) in [6, 6.07) is 0. The van der Waals surface area contributed by atoms with E-state index in [4.69, 9.17) is 25.8 Å². The number of alkyl halides is 1. The van der Waals surface area contributed by atoms with Crippen molar-refractivity contribution in [3.63, 3.8) is 0 Å². The molecule has 1 aromatic rings. The monoisotopic (exact) mass is 418 g/mol. The fourth-order valence-corrected chi connectivity index (χ4v) is 2.69. The summed E-state index contributed by atoms with van der Waals surface area (Å²) in [5, 5.41) is -0.883. The van der Waals surface area contributed by atoms with E-state index < -0.39 is 41.8 Å². The quantitative estimate of drug-likeness (QED) is 0.281. The van der Waals surface area contributed by atoms with Gasteiger partial charge in [-0.3, -0.25) is 19.0 Å². The fourth-order valence-electron chi connectivity index (χ4n) is 2.56. The Hall–Kier alpha value is -2.53. The molecule has 0 unspecified atom stereocenters. The number of hydrogen-bond acceptors (Lipinski definition) is 8. The molecule has 28 heavy (non-hydrogen) atoms. The first-order chi connectivity index (χ1) is 13.1. The highest BCUT2D eigenvalue weighted by Gasteiger charge is 2.49. The highest BCUT2D eigenvalue weighted by molar-refractivity contribution is 6.67. The molecule has 0 aliphatic carbocycles. The lowest BCUT2D eigenvalue weighted by molar-refractivity contribution is -0.156. The Bertz CT molecular complexity index is 783. The second kappa shape index (κ2) is 9.11. The zero-order chi connectivity index (χ0) is 21.0. The second-order valence-electron chi connectivity index (χ2n) is 6.19. The molecule has 12 heteroatoms. The molecule has 0 spiro atoms. The van der Waals surface area contributed by atoms with Crippen LogP contribution in [0.15, 0.2) is 11.3 Å². The summed E-state index contributed by atoms with van der Waals surface area (Å²) in [4.78, 5) is 43.6. The Morgan fingerprint density at radius 3 is 2.61 bits per heavy atom. The van der Waals surface area contributed by atoms with Gasteiger partial charge in [-0.25, -0.2) is 14.4 Å². The third-order valence-electron chi connectivity index (χ3n) is 3.66. The second-order valence-corrected chi connectivity index (χ2v) is 6.54. The summed E-state index contributed by atoms with van der Waals surface area (Å²) in [5.74, 6) is -1.35. The van der Waals surface area contributed by atoms with Crippen LogP contribution >= 0.6 is 11.6 Å². The van der Waals surface area contributed by atoms with Crippen molar-refractivity contribution in [3.05, 3.63) is 12.0 Å². The molecule has 4 atom stereocenters. The molecule has 1 fully saturated rings. The van der Waals surface area contributed by atoms with Crippen molar-refractivity contribution in [2.75, 3.05) is 20.7 Å². The number of aliphatic imine (C=N–C) groups is 1. The maximum absolute atomic E-state index is 15.1. The highest BCUT2D eigenvalue weighted by atomic mass is 35.5. The van der Waals surface area contributed by atoms with Crippen molar-refractivity contribution in [2.45, 2.75) is 38.5 Å². The van der Waals surface area contributed by atoms with E-state index in [2.05, 4.69) is 9.98 Å². The molecule has 2 rings (SSSR count). The highest BCUT2D eigenvalue weighted by Crippen LogP contribution is 2.37. The molecule has 0 saturated carbocycles. The minimum atomic E-state index is -1.84. The lowest BCUT2D eigenvalue weighted by Gasteiger charge is -2.18. The van der Waals surface area contributed by atoms with Gasteiger partial charge in [0.25, 0.3) is 5.24 Å². The molecule has 10 nitrogen and oxygen atoms in total. The van der Waals surface area contributed by atoms with Gasteiger partial charge in [0.05, 0.1) is 12.7 Å². The van der Waals surface area contributed by atoms with Gasteiger partial charge in [-0.05, 0) is 11.6 Å². The van der Waals surface area contributed by atoms with Gasteiger partial charge in [-0.2, -0.15) is 0 Å². The predicted molar refractivity (Wildman–Crippen MR) is 95.2 cm³/mol. The van der Waals surface area contributed by atoms with E-state index in [1.807, 2.05) is 0 Å². The molecule has 0 N–H and O–H groups in total. The van der Waals surface area contributed by atoms with Gasteiger partial charge in [-0.15, -0.1) is 0 Å². The van der Waals surface area contributed by atoms with Crippen LogP contribution in [0.4, 0.5) is 10.2 Å². The van der Waals surface area contributed by atoms with Gasteiger partial charge >= 0.3 is 11.9 Å². The number of hydrogen-bond donors (Lipinski definition) is 0. The summed E-state index contributed by atoms with van der Waals surface area (Å²) < 4.78 is 31.8. The van der Waals surface area contributed by atoms with Crippen LogP contribution in [0.1, 0.15) is 30.6 Å². The third kappa shape index (κ3) is 5.04. The molecule has 1 aromatic heterocycles. The third-order valence-corrected chi connectivity index (χ3v) is 3.84. The summed E-state index contributed by atoms with van der Waals surface area (Å²) in [6.45, 7) is 1.98. The van der Waals surface area contributed by atoms with Gasteiger partial charge in [0.15, 0.2) is 30.0 Å². The smallest absolute Gasteiger partial charge is 0.303 e. The molecular formula is C16H20ClFN4O6. The molecule has 154 valence electrons. The Morgan fingerprint density at radius 1 is 1.39 bits per heavy atom. The van der Waals surface area contributed by atoms with Crippen molar-refractivity contribution in [3.8, 4) is 0 Å². The van der Waals surface area contributed by atoms with Crippen molar-refractivity contribution >= 4 is 40.9 Å². The van der Waals surface area contributed by atoms with Crippen LogP contribution in [-0.2, 0) is 23.8 Å². The molecule has 2 heterocycles. The number of nitrogens with zero attached hydrogens (tertiary/aromatic N) is 4. The van der Waals surface area contributed by atoms with E-state index >= 15 is 4.39 Å². The van der Waals surface area contributed by atoms with E-state index in [0.717, 1.165) is 13.3 Å². The van der Waals surface area contributed by atoms with Gasteiger partial charge in [0.1, 0.15) is 12.7 Å². The van der Waals surface area contributed by atoms with Crippen molar-refractivity contribution in [1.29, 1.82) is 0 Å². The Kier molecular flexibility index (Phi) is 7.08. The standard InChI is InChI=1S/C16H20ClFN4O6/c1-8(23)26-5-10-13(27-9(2)24)11(18)16(28-10)22-7-19-12(14(17)25)15(22)20-6-21(3)4/h6-7,10-11,13,16H,5H2,1-4H3/t10-,11-,13-,16-/m1/s1. The number of esters is 2. The molecule has 0 amide bonds. The zero-order valence-corrected chi connectivity index (χ0v) is 16.4. The number of imidazole rings is 1. The van der Waals surface area contributed by atoms with Gasteiger partial charge in [-0.1, -0.05) is 0 Å². The number of aromatic nitrogens is 2. The van der Waals surface area contributed by atoms with Crippen molar-refractivity contribution in [1.82, 2.24) is 14.5 Å². The molecule has 1 aliphatic heterocycles. The van der Waals surface area contributed by atoms with Gasteiger partial charge in [0, 0.05) is 27.9 Å². The van der Waals surface area contributed by atoms with Crippen molar-refractivity contribution < 1.29 is 33.0 Å². The van der Waals surface area contributed by atoms with Crippen LogP contribution in [0.25, 0.3) is 0 Å². The molecule has 0 bridgehead atoms. The average Bonchev–Trinajstić information content (AvgIpc) is 3.13. The summed E-state index contributed by atoms with van der Waals surface area (Å²) in [7, 11) is 3.39. The minimum absolute atomic E-state index is 0.0314. The summed E-state index contributed by atoms with van der Waals surface area (Å²) in [6.07, 6.45) is -3.05. The van der Waals surface area contributed by atoms with E-state index in [0.29, 0.717) is 0 Å². The lowest BCUT2D eigenvalue weighted by atomic mass is 10.1. The van der Waals surface area contributed by atoms with Crippen LogP contribution in [0.5, 0.6) is 0 Å². The van der Waals surface area contributed by atoms with Gasteiger partial charge in [0.2, 0.25) is 0 Å². The maximum atomic E-state index is 15.1. The number of rotatable bonds is 7. The molecule has 1 saturated heterocycles. The minimum Gasteiger partial charge on any atom is -0.463 e. The van der Waals surface area contributed by atoms with E-state index in [-0.39, 0.29) is 18.1 Å². The first-order valence-corrected chi connectivity index (χ1v) is 8.57. The summed E-state index contributed by atoms with van der Waals surface area (Å²) >= 11 is 5.53. The van der Waals surface area contributed by atoms with Gasteiger partial charge < -0.3 is 19.1 Å². The SMILES string of the molecule is CC(=O)OC[C@H]1O[C@@H](n2cnc(C(=O)Cl)c2N=CN(C)C)[C@H](F)[C@@H]1OC(C)=O. The van der Waals surface area contributed by atoms with Crippen LogP contribution in [0, 0.1) is 0 Å². The maximum Gasteiger partial charge on any atom is 0.303 e. The fraction of sp³-hybridized carbons (Fsp3) is 0.562. The number of carbonyl (C=O) groups is 3. The average molecular weight is 419 g/mol. The topological polar surface area (TPSA) is 112 Å². The first-order valence-electron chi connectivity index (χ1n) is 8.19. The molecule has 0 radical (unpaired) electrons. The van der Waals surface area contributed by atoms with E-state index in [9.17, 15) is 14.4 Å². The van der Waals surface area contributed by atoms with Crippen molar-refractivity contribution in [2.24, 2.45) is 4.99 Å². The number of ether oxygens (including phenoxy) is 3. The molecular weight excluding hydrogens is 399 g/mol.